The molecule has 4 rings (SSSR count). The number of benzene rings is 1. The van der Waals surface area contributed by atoms with Gasteiger partial charge in [0, 0.05) is 38.5 Å². The second kappa shape index (κ2) is 9.60. The molecule has 2 aromatic rings. The number of carbonyl (C=O) groups excluding carboxylic acids is 1. The smallest absolute Gasteiger partial charge is 0.247 e. The van der Waals surface area contributed by atoms with E-state index < -0.39 is 50.1 Å². The minimum atomic E-state index is -4.22. The van der Waals surface area contributed by atoms with Crippen LogP contribution in [0.3, 0.4) is 0 Å². The molecular formula is C25H29F4N5O3S. The fourth-order valence-electron chi connectivity index (χ4n) is 5.23. The van der Waals surface area contributed by atoms with Gasteiger partial charge in [-0.2, -0.15) is 0 Å². The summed E-state index contributed by atoms with van der Waals surface area (Å²) in [5.74, 6) is -5.08. The number of alkyl halides is 2. The Morgan fingerprint density at radius 3 is 2.55 bits per heavy atom. The van der Waals surface area contributed by atoms with Gasteiger partial charge in [0.25, 0.3) is 0 Å². The summed E-state index contributed by atoms with van der Waals surface area (Å²) >= 11 is 0. The molecule has 2 aliphatic heterocycles. The zero-order chi connectivity index (χ0) is 28.1. The lowest BCUT2D eigenvalue weighted by Crippen LogP contribution is -2.66. The Labute approximate surface area is 218 Å². The van der Waals surface area contributed by atoms with Gasteiger partial charge in [-0.3, -0.25) is 9.78 Å². The molecule has 0 bridgehead atoms. The Bertz CT molecular complexity index is 1380. The molecule has 1 saturated heterocycles. The number of likely N-dealkylation sites (tertiary alicyclic amines) is 1. The van der Waals surface area contributed by atoms with Gasteiger partial charge in [-0.15, -0.1) is 0 Å². The number of nitrogens with two attached hydrogens (primary N) is 1. The molecule has 2 N–H and O–H groups in total. The molecule has 1 fully saturated rings. The number of hydrogen-bond donors (Lipinski definition) is 1. The summed E-state index contributed by atoms with van der Waals surface area (Å²) < 4.78 is 82.6. The molecule has 38 heavy (non-hydrogen) atoms. The Balaban J connectivity index is 1.76. The maximum absolute atomic E-state index is 15.4. The predicted molar refractivity (Wildman–Crippen MR) is 133 cm³/mol. The van der Waals surface area contributed by atoms with Gasteiger partial charge >= 0.3 is 0 Å². The Morgan fingerprint density at radius 2 is 1.92 bits per heavy atom. The quantitative estimate of drug-likeness (QED) is 0.416. The van der Waals surface area contributed by atoms with Crippen molar-refractivity contribution in [1.82, 2.24) is 14.2 Å². The van der Waals surface area contributed by atoms with E-state index in [9.17, 15) is 26.4 Å². The van der Waals surface area contributed by atoms with Gasteiger partial charge in [0.1, 0.15) is 27.6 Å². The maximum Gasteiger partial charge on any atom is 0.247 e. The predicted octanol–water partition coefficient (Wildman–Crippen LogP) is 3.08. The van der Waals surface area contributed by atoms with Crippen LogP contribution in [0.5, 0.6) is 0 Å². The highest BCUT2D eigenvalue weighted by Gasteiger charge is 2.66. The lowest BCUT2D eigenvalue weighted by atomic mass is 9.77. The van der Waals surface area contributed by atoms with Crippen LogP contribution < -0.4 is 5.73 Å². The summed E-state index contributed by atoms with van der Waals surface area (Å²) in [6.07, 6.45) is 0.239. The summed E-state index contributed by atoms with van der Waals surface area (Å²) in [5, 5.41) is 0. The van der Waals surface area contributed by atoms with Crippen molar-refractivity contribution < 1.29 is 30.8 Å². The average Bonchev–Trinajstić information content (AvgIpc) is 3.29. The minimum absolute atomic E-state index is 0.00430. The number of pyridine rings is 1. The number of Topliss-reactive ketones (excluding diaryl/α,β-unsaturated/α-hetero) is 1. The van der Waals surface area contributed by atoms with Crippen LogP contribution in [-0.4, -0.2) is 71.7 Å². The van der Waals surface area contributed by atoms with Gasteiger partial charge in [0.2, 0.25) is 21.9 Å². The average molecular weight is 556 g/mol. The first kappa shape index (κ1) is 28.0. The number of rotatable bonds is 7. The van der Waals surface area contributed by atoms with Crippen LogP contribution in [0.25, 0.3) is 0 Å². The molecule has 0 amide bonds. The highest BCUT2D eigenvalue weighted by molar-refractivity contribution is 7.91. The number of carbonyl (C=O) groups is 1. The van der Waals surface area contributed by atoms with E-state index in [1.54, 1.807) is 4.90 Å². The summed E-state index contributed by atoms with van der Waals surface area (Å²) in [6.45, 7) is 2.23. The standard InChI is InChI=1S/C25H29F4N5O3S/c1-23(28,29)8-10-34-11-9-25(15-34)24(2,32-22(30)33(3)38(25,36)37)18-12-16(4-6-19(18)27)13-21(35)20-7-5-17(26)14-31-20/h4-7,12,14H,8-11,13,15H2,1-3H3,(H2,30,32)/t24-,25+/m1/s1. The van der Waals surface area contributed by atoms with Gasteiger partial charge < -0.3 is 10.6 Å². The number of ketones is 1. The Kier molecular flexibility index (Phi) is 7.06. The number of hydrogen-bond acceptors (Lipinski definition) is 7. The largest absolute Gasteiger partial charge is 0.369 e. The van der Waals surface area contributed by atoms with Crippen molar-refractivity contribution in [1.29, 1.82) is 0 Å². The van der Waals surface area contributed by atoms with E-state index in [4.69, 9.17) is 5.73 Å². The topological polar surface area (TPSA) is 109 Å². The molecule has 13 heteroatoms. The SMILES string of the molecule is CN1C(N)=N[C@](C)(c2cc(CC(=O)c3ccc(F)cn3)ccc2F)[C@@]2(CCN(CCC(C)(F)F)C2)S1(=O)=O. The summed E-state index contributed by atoms with van der Waals surface area (Å²) in [7, 11) is -2.97. The van der Waals surface area contributed by atoms with Crippen molar-refractivity contribution in [2.24, 2.45) is 10.7 Å². The number of halogens is 4. The van der Waals surface area contributed by atoms with Gasteiger partial charge in [-0.1, -0.05) is 6.07 Å². The van der Waals surface area contributed by atoms with E-state index in [1.807, 2.05) is 0 Å². The fraction of sp³-hybridized carbons (Fsp3) is 0.480. The maximum atomic E-state index is 15.4. The molecule has 0 saturated carbocycles. The summed E-state index contributed by atoms with van der Waals surface area (Å²) in [6, 6.07) is 6.22. The summed E-state index contributed by atoms with van der Waals surface area (Å²) in [5.41, 5.74) is 4.55. The number of sulfonamides is 1. The molecule has 2 aliphatic rings. The van der Waals surface area contributed by atoms with Crippen LogP contribution in [0.15, 0.2) is 41.5 Å². The normalized spacial score (nSPS) is 25.6. The zero-order valence-electron chi connectivity index (χ0n) is 21.2. The molecule has 1 spiro atoms. The molecule has 0 aliphatic carbocycles. The third kappa shape index (κ3) is 4.77. The lowest BCUT2D eigenvalue weighted by molar-refractivity contribution is 0.00470. The van der Waals surface area contributed by atoms with Crippen molar-refractivity contribution >= 4 is 21.8 Å². The lowest BCUT2D eigenvalue weighted by Gasteiger charge is -2.48. The second-order valence-corrected chi connectivity index (χ2v) is 12.4. The molecule has 1 aromatic heterocycles. The first-order chi connectivity index (χ1) is 17.6. The van der Waals surface area contributed by atoms with E-state index in [-0.39, 0.29) is 49.7 Å². The molecule has 206 valence electrons. The van der Waals surface area contributed by atoms with Gasteiger partial charge in [0.15, 0.2) is 5.78 Å². The fourth-order valence-corrected chi connectivity index (χ4v) is 7.39. The van der Waals surface area contributed by atoms with Crippen LogP contribution >= 0.6 is 0 Å². The summed E-state index contributed by atoms with van der Waals surface area (Å²) in [4.78, 5) is 22.6. The van der Waals surface area contributed by atoms with Crippen molar-refractivity contribution in [3.8, 4) is 0 Å². The van der Waals surface area contributed by atoms with E-state index in [0.717, 1.165) is 29.6 Å². The van der Waals surface area contributed by atoms with Crippen LogP contribution in [0.4, 0.5) is 17.6 Å². The van der Waals surface area contributed by atoms with Crippen molar-refractivity contribution in [2.75, 3.05) is 26.7 Å². The van der Waals surface area contributed by atoms with Crippen molar-refractivity contribution in [3.63, 3.8) is 0 Å². The highest BCUT2D eigenvalue weighted by Crippen LogP contribution is 2.51. The molecule has 0 radical (unpaired) electrons. The minimum Gasteiger partial charge on any atom is -0.369 e. The van der Waals surface area contributed by atoms with E-state index in [1.165, 1.54) is 32.2 Å². The number of guanidine groups is 1. The van der Waals surface area contributed by atoms with Crippen molar-refractivity contribution in [3.05, 3.63) is 65.0 Å². The van der Waals surface area contributed by atoms with Gasteiger partial charge in [-0.25, -0.2) is 35.3 Å². The van der Waals surface area contributed by atoms with Crippen LogP contribution in [0, 0.1) is 11.6 Å². The highest BCUT2D eigenvalue weighted by atomic mass is 32.2. The monoisotopic (exact) mass is 555 g/mol. The van der Waals surface area contributed by atoms with Crippen LogP contribution in [0.2, 0.25) is 0 Å². The third-order valence-electron chi connectivity index (χ3n) is 7.51. The Hall–Kier alpha value is -3.06. The van der Waals surface area contributed by atoms with E-state index in [2.05, 4.69) is 9.98 Å². The third-order valence-corrected chi connectivity index (χ3v) is 10.1. The molecule has 2 atom stereocenters. The molecule has 0 unspecified atom stereocenters. The van der Waals surface area contributed by atoms with Gasteiger partial charge in [0.05, 0.1) is 6.20 Å². The number of nitrogens with zero attached hydrogens (tertiary/aromatic N) is 4. The molecular weight excluding hydrogens is 526 g/mol. The number of aromatic nitrogens is 1. The number of aliphatic imine (C=N–C) groups is 1. The first-order valence-corrected chi connectivity index (χ1v) is 13.4. The molecule has 3 heterocycles. The van der Waals surface area contributed by atoms with Gasteiger partial charge in [-0.05, 0) is 56.6 Å². The van der Waals surface area contributed by atoms with Crippen LogP contribution in [0.1, 0.15) is 48.3 Å². The van der Waals surface area contributed by atoms with Crippen molar-refractivity contribution in [2.45, 2.75) is 49.3 Å². The van der Waals surface area contributed by atoms with E-state index >= 15 is 4.39 Å². The molecule has 1 aromatic carbocycles. The molecule has 8 nitrogen and oxygen atoms in total. The van der Waals surface area contributed by atoms with E-state index in [0.29, 0.717) is 5.56 Å². The second-order valence-electron chi connectivity index (χ2n) is 10.1. The van der Waals surface area contributed by atoms with Crippen LogP contribution in [-0.2, 0) is 22.0 Å². The Morgan fingerprint density at radius 1 is 1.21 bits per heavy atom. The first-order valence-electron chi connectivity index (χ1n) is 12.0. The zero-order valence-corrected chi connectivity index (χ0v) is 22.0.